The van der Waals surface area contributed by atoms with E-state index >= 15 is 0 Å². The van der Waals surface area contributed by atoms with E-state index < -0.39 is 16.5 Å². The Bertz CT molecular complexity index is 581. The van der Waals surface area contributed by atoms with E-state index in [0.717, 1.165) is 53.3 Å². The van der Waals surface area contributed by atoms with Crippen molar-refractivity contribution in [3.05, 3.63) is 66.4 Å². The number of hydrogen-bond donors (Lipinski definition) is 0. The Morgan fingerprint density at radius 1 is 0.564 bits per heavy atom. The van der Waals surface area contributed by atoms with Gasteiger partial charge in [0.15, 0.2) is 0 Å². The average molecular weight is 645 g/mol. The maximum atomic E-state index is 5.48. The Balaban J connectivity index is -0.000000482. The molecule has 226 valence electrons. The molecule has 4 saturated carbocycles. The summed E-state index contributed by atoms with van der Waals surface area (Å²) in [5, 5.41) is 0. The fourth-order valence-electron chi connectivity index (χ4n) is 9.00. The molecule has 6 heteroatoms. The summed E-state index contributed by atoms with van der Waals surface area (Å²) in [6, 6.07) is 0. The van der Waals surface area contributed by atoms with Crippen LogP contribution in [0.15, 0.2) is 0 Å². The van der Waals surface area contributed by atoms with E-state index in [-0.39, 0.29) is 88.0 Å². The van der Waals surface area contributed by atoms with Crippen LogP contribution >= 0.6 is 0 Å². The van der Waals surface area contributed by atoms with Gasteiger partial charge in [0, 0.05) is 0 Å². The second-order valence-electron chi connectivity index (χ2n) is 13.2. The molecule has 0 amide bonds. The van der Waals surface area contributed by atoms with Gasteiger partial charge in [-0.15, -0.1) is 0 Å². The van der Waals surface area contributed by atoms with Crippen LogP contribution < -0.4 is 0 Å². The van der Waals surface area contributed by atoms with Gasteiger partial charge >= 0.3 is 43.4 Å². The molecule has 8 unspecified atom stereocenters. The van der Waals surface area contributed by atoms with Crippen molar-refractivity contribution < 1.29 is 43.4 Å². The maximum Gasteiger partial charge on any atom is 4.00 e. The average Bonchev–Trinajstić information content (AvgIpc) is 3.20. The van der Waals surface area contributed by atoms with Crippen LogP contribution in [0.5, 0.6) is 0 Å². The first-order valence-corrected chi connectivity index (χ1v) is 19.7. The molecule has 39 heavy (non-hydrogen) atoms. The van der Waals surface area contributed by atoms with Crippen molar-refractivity contribution in [2.45, 2.75) is 116 Å². The van der Waals surface area contributed by atoms with Crippen LogP contribution in [0.4, 0.5) is 0 Å². The summed E-state index contributed by atoms with van der Waals surface area (Å²) in [4.78, 5) is 11.0. The zero-order valence-electron chi connectivity index (χ0n) is 28.9. The van der Waals surface area contributed by atoms with Gasteiger partial charge in [-0.05, 0) is 73.0 Å². The van der Waals surface area contributed by atoms with Crippen molar-refractivity contribution in [1.29, 1.82) is 0 Å². The van der Waals surface area contributed by atoms with Crippen LogP contribution in [-0.4, -0.2) is 23.1 Å². The van der Waals surface area contributed by atoms with Gasteiger partial charge in [0.1, 0.15) is 0 Å². The molecule has 4 rings (SSSR count). The summed E-state index contributed by atoms with van der Waals surface area (Å²) in [5.41, 5.74) is 1.62. The first-order chi connectivity index (χ1) is 14.5. The number of nitrogens with zero attached hydrogens (tertiary/aromatic N) is 2. The van der Waals surface area contributed by atoms with Crippen LogP contribution in [0.3, 0.4) is 0 Å². The minimum absolute atomic E-state index is 0. The summed E-state index contributed by atoms with van der Waals surface area (Å²) in [7, 11) is -3.33. The van der Waals surface area contributed by atoms with Gasteiger partial charge in [-0.25, -0.2) is 0 Å². The summed E-state index contributed by atoms with van der Waals surface area (Å²) in [6.45, 7) is 21.1. The Morgan fingerprint density at radius 3 is 1.18 bits per heavy atom. The molecule has 2 radical (unpaired) electrons. The van der Waals surface area contributed by atoms with Gasteiger partial charge < -0.3 is 54.5 Å². The molecule has 2 nitrogen and oxygen atoms in total. The fourth-order valence-corrected chi connectivity index (χ4v) is 16.0. The van der Waals surface area contributed by atoms with Crippen molar-refractivity contribution >= 4 is 16.5 Å². The summed E-state index contributed by atoms with van der Waals surface area (Å²) in [6.07, 6.45) is 11.4. The van der Waals surface area contributed by atoms with Crippen LogP contribution in [0.1, 0.15) is 79.1 Å². The molecule has 0 heterocycles. The predicted molar refractivity (Wildman–Crippen MR) is 180 cm³/mol. The topological polar surface area (TPSA) is 28.2 Å². The van der Waals surface area contributed by atoms with E-state index in [9.17, 15) is 0 Å². The van der Waals surface area contributed by atoms with Crippen LogP contribution in [0, 0.1) is 91.9 Å². The molecule has 4 fully saturated rings. The monoisotopic (exact) mass is 644 g/mol. The van der Waals surface area contributed by atoms with Crippen LogP contribution in [0.2, 0.25) is 37.3 Å². The Kier molecular flexibility index (Phi) is 25.8. The van der Waals surface area contributed by atoms with Crippen molar-refractivity contribution in [3.8, 4) is 0 Å². The van der Waals surface area contributed by atoms with E-state index in [2.05, 4.69) is 53.9 Å². The molecule has 0 spiro atoms. The van der Waals surface area contributed by atoms with E-state index in [0.29, 0.717) is 0 Å². The third-order valence-corrected chi connectivity index (χ3v) is 17.1. The number of hydrogen-bond acceptors (Lipinski definition) is 0. The number of fused-ring (bicyclic) bond motifs is 2. The van der Waals surface area contributed by atoms with Gasteiger partial charge in [-0.3, -0.25) is 6.67 Å². The summed E-state index contributed by atoms with van der Waals surface area (Å²) >= 11 is 0. The smallest absolute Gasteiger partial charge is 0.683 e. The van der Waals surface area contributed by atoms with Crippen molar-refractivity contribution in [2.75, 3.05) is 6.67 Å². The second kappa shape index (κ2) is 19.9. The van der Waals surface area contributed by atoms with E-state index in [1.807, 2.05) is 11.8 Å². The molecule has 0 aromatic heterocycles. The van der Waals surface area contributed by atoms with E-state index in [1.54, 1.807) is 0 Å². The van der Waals surface area contributed by atoms with Gasteiger partial charge in [0.25, 0.3) is 0 Å². The minimum atomic E-state index is -1.66. The second-order valence-corrected chi connectivity index (χ2v) is 21.7. The molecule has 0 aromatic rings. The molecule has 0 aliphatic heterocycles. The molecule has 8 atom stereocenters. The maximum absolute atomic E-state index is 5.48. The molecule has 0 saturated heterocycles. The Labute approximate surface area is 282 Å². The van der Waals surface area contributed by atoms with Crippen molar-refractivity contribution in [1.82, 2.24) is 0 Å². The van der Waals surface area contributed by atoms with Gasteiger partial charge in [-0.1, -0.05) is 107 Å². The molecule has 4 aliphatic carbocycles. The zero-order chi connectivity index (χ0) is 22.6. The van der Waals surface area contributed by atoms with E-state index in [4.69, 9.17) is 9.96 Å². The summed E-state index contributed by atoms with van der Waals surface area (Å²) in [5.74, 6) is 9.16. The Morgan fingerprint density at radius 2 is 0.872 bits per heavy atom. The van der Waals surface area contributed by atoms with Gasteiger partial charge in [0.05, 0.1) is 0 Å². The van der Waals surface area contributed by atoms with Crippen LogP contribution in [0.25, 0.3) is 9.96 Å². The molecular formula is C33H68N2Si2Ti2. The van der Waals surface area contributed by atoms with E-state index in [1.165, 1.54) is 51.4 Å². The quantitative estimate of drug-likeness (QED) is 0.203. The molecule has 4 aliphatic rings. The standard InChI is InChI=1S/C27H50N2Si2.6CH3.2Ti/c1-18-11-9-13-22-24(18)15-20(3)26(22)30(5,6)28-17-29-31(7,8)27-21(4)16-25-19(2)12-10-14-23(25)27;;;;;;;;/h18-21,24-27H,9-17H2,1-8H3;6*1H3;;/q-2;6*-1;2*+4. The molecule has 0 N–H and O–H groups in total. The largest absolute Gasteiger partial charge is 4.00 e. The third kappa shape index (κ3) is 10.4. The molecule has 0 bridgehead atoms. The van der Waals surface area contributed by atoms with Crippen LogP contribution in [-0.2, 0) is 43.4 Å². The zero-order valence-corrected chi connectivity index (χ0v) is 34.0. The number of rotatable bonds is 6. The van der Waals surface area contributed by atoms with Gasteiger partial charge in [-0.2, -0.15) is 0 Å². The van der Waals surface area contributed by atoms with Crippen molar-refractivity contribution in [3.63, 3.8) is 0 Å². The minimum Gasteiger partial charge on any atom is -0.683 e. The summed E-state index contributed by atoms with van der Waals surface area (Å²) < 4.78 is 0. The first-order valence-electron chi connectivity index (χ1n) is 13.6. The van der Waals surface area contributed by atoms with Gasteiger partial charge in [0.2, 0.25) is 0 Å². The SMILES string of the molecule is CC1CCC[C]2C1CC(C)C2[Si](C)(C)[N-]C[N-][Si](C)(C)C1[C]2CCCC(C)C2CC1C.[CH3-].[CH3-].[CH3-].[CH3-].[CH3-].[CH3-].[Ti+4].[Ti+4]. The van der Waals surface area contributed by atoms with Crippen molar-refractivity contribution in [2.24, 2.45) is 35.5 Å². The predicted octanol–water partition coefficient (Wildman–Crippen LogP) is 11.6. The molecule has 0 aromatic carbocycles. The third-order valence-electron chi connectivity index (χ3n) is 10.2. The molecular weight excluding hydrogens is 576 g/mol. The Hall–Kier alpha value is 1.78. The first kappa shape index (κ1) is 50.4. The fraction of sp³-hybridized carbons (Fsp3) is 0.758. The normalized spacial score (nSPS) is 33.8.